The minimum absolute atomic E-state index is 0.426. The standard InChI is InChI=1S/C15H19N3OS/c1-18(12-7-8-19-10-12)15-17-14(13(9-16)20-15)11-5-3-2-4-6-11/h2-6,12H,7-10,16H2,1H3. The van der Waals surface area contributed by atoms with E-state index in [1.807, 2.05) is 18.2 Å². The first kappa shape index (κ1) is 13.5. The maximum Gasteiger partial charge on any atom is 0.186 e. The van der Waals surface area contributed by atoms with Crippen molar-refractivity contribution in [3.8, 4) is 11.3 Å². The highest BCUT2D eigenvalue weighted by Crippen LogP contribution is 2.33. The Balaban J connectivity index is 1.92. The molecule has 2 heterocycles. The largest absolute Gasteiger partial charge is 0.379 e. The Morgan fingerprint density at radius 3 is 2.85 bits per heavy atom. The van der Waals surface area contributed by atoms with Crippen molar-refractivity contribution in [1.82, 2.24) is 4.98 Å². The van der Waals surface area contributed by atoms with Crippen LogP contribution >= 0.6 is 11.3 Å². The Labute approximate surface area is 123 Å². The number of benzene rings is 1. The molecule has 0 saturated carbocycles. The lowest BCUT2D eigenvalue weighted by Gasteiger charge is -2.21. The van der Waals surface area contributed by atoms with Gasteiger partial charge in [-0.1, -0.05) is 41.7 Å². The van der Waals surface area contributed by atoms with E-state index in [-0.39, 0.29) is 0 Å². The average molecular weight is 289 g/mol. The molecule has 0 bridgehead atoms. The average Bonchev–Trinajstić information content (AvgIpc) is 3.17. The Morgan fingerprint density at radius 1 is 1.40 bits per heavy atom. The van der Waals surface area contributed by atoms with Crippen molar-refractivity contribution in [2.24, 2.45) is 5.73 Å². The lowest BCUT2D eigenvalue weighted by Crippen LogP contribution is -2.31. The van der Waals surface area contributed by atoms with Crippen LogP contribution in [-0.4, -0.2) is 31.3 Å². The molecule has 1 atom stereocenters. The van der Waals surface area contributed by atoms with Crippen molar-refractivity contribution in [1.29, 1.82) is 0 Å². The number of ether oxygens (including phenoxy) is 1. The van der Waals surface area contributed by atoms with E-state index < -0.39 is 0 Å². The van der Waals surface area contributed by atoms with Crippen LogP contribution in [0, 0.1) is 0 Å². The predicted octanol–water partition coefficient (Wildman–Crippen LogP) is 2.49. The number of nitrogens with two attached hydrogens (primary N) is 1. The van der Waals surface area contributed by atoms with E-state index in [2.05, 4.69) is 24.1 Å². The monoisotopic (exact) mass is 289 g/mol. The highest BCUT2D eigenvalue weighted by atomic mass is 32.1. The van der Waals surface area contributed by atoms with E-state index in [9.17, 15) is 0 Å². The quantitative estimate of drug-likeness (QED) is 0.939. The van der Waals surface area contributed by atoms with Gasteiger partial charge in [0.15, 0.2) is 5.13 Å². The summed E-state index contributed by atoms with van der Waals surface area (Å²) < 4.78 is 5.46. The number of aromatic nitrogens is 1. The molecule has 0 radical (unpaired) electrons. The third kappa shape index (κ3) is 2.57. The summed E-state index contributed by atoms with van der Waals surface area (Å²) in [5.41, 5.74) is 8.03. The fourth-order valence-corrected chi connectivity index (χ4v) is 3.43. The number of nitrogens with zero attached hydrogens (tertiary/aromatic N) is 2. The SMILES string of the molecule is CN(c1nc(-c2ccccc2)c(CN)s1)C1CCOC1. The van der Waals surface area contributed by atoms with E-state index in [0.717, 1.165) is 40.9 Å². The van der Waals surface area contributed by atoms with Crippen molar-refractivity contribution < 1.29 is 4.74 Å². The summed E-state index contributed by atoms with van der Waals surface area (Å²) in [6.07, 6.45) is 1.06. The molecule has 0 amide bonds. The molecular formula is C15H19N3OS. The zero-order valence-corrected chi connectivity index (χ0v) is 12.4. The minimum atomic E-state index is 0.426. The second kappa shape index (κ2) is 5.91. The molecule has 1 aromatic carbocycles. The van der Waals surface area contributed by atoms with Crippen LogP contribution < -0.4 is 10.6 Å². The van der Waals surface area contributed by atoms with Gasteiger partial charge in [0, 0.05) is 30.6 Å². The number of thiazole rings is 1. The number of rotatable bonds is 4. The number of likely N-dealkylation sites (N-methyl/N-ethyl adjacent to an activating group) is 1. The molecule has 1 aromatic heterocycles. The van der Waals surface area contributed by atoms with Crippen LogP contribution in [0.15, 0.2) is 30.3 Å². The van der Waals surface area contributed by atoms with Gasteiger partial charge in [0.1, 0.15) is 0 Å². The smallest absolute Gasteiger partial charge is 0.186 e. The summed E-state index contributed by atoms with van der Waals surface area (Å²) in [5.74, 6) is 0. The maximum absolute atomic E-state index is 5.88. The van der Waals surface area contributed by atoms with Crippen molar-refractivity contribution in [3.63, 3.8) is 0 Å². The van der Waals surface area contributed by atoms with E-state index in [1.54, 1.807) is 11.3 Å². The van der Waals surface area contributed by atoms with Gasteiger partial charge in [0.05, 0.1) is 18.3 Å². The van der Waals surface area contributed by atoms with Gasteiger partial charge in [0.25, 0.3) is 0 Å². The summed E-state index contributed by atoms with van der Waals surface area (Å²) >= 11 is 1.68. The number of hydrogen-bond donors (Lipinski definition) is 1. The second-order valence-corrected chi connectivity index (χ2v) is 6.03. The van der Waals surface area contributed by atoms with Crippen LogP contribution in [0.5, 0.6) is 0 Å². The Hall–Kier alpha value is -1.43. The second-order valence-electron chi connectivity index (χ2n) is 4.97. The van der Waals surface area contributed by atoms with Gasteiger partial charge in [0.2, 0.25) is 0 Å². The fraction of sp³-hybridized carbons (Fsp3) is 0.400. The van der Waals surface area contributed by atoms with Gasteiger partial charge < -0.3 is 15.4 Å². The van der Waals surface area contributed by atoms with Crippen LogP contribution in [0.3, 0.4) is 0 Å². The Morgan fingerprint density at radius 2 is 2.20 bits per heavy atom. The first-order valence-corrected chi connectivity index (χ1v) is 7.67. The normalized spacial score (nSPS) is 18.4. The van der Waals surface area contributed by atoms with Crippen LogP contribution in [0.2, 0.25) is 0 Å². The summed E-state index contributed by atoms with van der Waals surface area (Å²) in [4.78, 5) is 8.17. The zero-order valence-electron chi connectivity index (χ0n) is 11.6. The van der Waals surface area contributed by atoms with Crippen LogP contribution in [-0.2, 0) is 11.3 Å². The van der Waals surface area contributed by atoms with E-state index in [4.69, 9.17) is 15.5 Å². The Kier molecular flexibility index (Phi) is 4.00. The number of hydrogen-bond acceptors (Lipinski definition) is 5. The summed E-state index contributed by atoms with van der Waals surface area (Å²) in [6, 6.07) is 10.7. The molecule has 0 spiro atoms. The lowest BCUT2D eigenvalue weighted by molar-refractivity contribution is 0.193. The van der Waals surface area contributed by atoms with Gasteiger partial charge >= 0.3 is 0 Å². The molecule has 0 aliphatic carbocycles. The molecule has 5 heteroatoms. The molecule has 4 nitrogen and oxygen atoms in total. The third-order valence-electron chi connectivity index (χ3n) is 3.67. The molecule has 1 fully saturated rings. The van der Waals surface area contributed by atoms with Crippen molar-refractivity contribution in [3.05, 3.63) is 35.2 Å². The number of anilines is 1. The highest BCUT2D eigenvalue weighted by molar-refractivity contribution is 7.16. The van der Waals surface area contributed by atoms with Gasteiger partial charge in [-0.25, -0.2) is 4.98 Å². The minimum Gasteiger partial charge on any atom is -0.379 e. The van der Waals surface area contributed by atoms with Gasteiger partial charge in [-0.15, -0.1) is 0 Å². The predicted molar refractivity (Wildman–Crippen MR) is 83.1 cm³/mol. The van der Waals surface area contributed by atoms with Crippen molar-refractivity contribution >= 4 is 16.5 Å². The highest BCUT2D eigenvalue weighted by Gasteiger charge is 2.24. The summed E-state index contributed by atoms with van der Waals surface area (Å²) in [5, 5.41) is 1.03. The molecule has 2 N–H and O–H groups in total. The topological polar surface area (TPSA) is 51.4 Å². The Bertz CT molecular complexity index is 564. The molecule has 1 aliphatic rings. The first-order valence-electron chi connectivity index (χ1n) is 6.85. The van der Waals surface area contributed by atoms with E-state index in [0.29, 0.717) is 12.6 Å². The van der Waals surface area contributed by atoms with Crippen LogP contribution in [0.4, 0.5) is 5.13 Å². The van der Waals surface area contributed by atoms with Gasteiger partial charge in [-0.05, 0) is 6.42 Å². The summed E-state index contributed by atoms with van der Waals surface area (Å²) in [7, 11) is 2.09. The molecule has 1 saturated heterocycles. The van der Waals surface area contributed by atoms with Gasteiger partial charge in [-0.2, -0.15) is 0 Å². The van der Waals surface area contributed by atoms with Crippen LogP contribution in [0.25, 0.3) is 11.3 Å². The van der Waals surface area contributed by atoms with E-state index >= 15 is 0 Å². The molecule has 1 aliphatic heterocycles. The summed E-state index contributed by atoms with van der Waals surface area (Å²) in [6.45, 7) is 2.15. The van der Waals surface area contributed by atoms with Crippen molar-refractivity contribution in [2.75, 3.05) is 25.2 Å². The molecule has 3 rings (SSSR count). The fourth-order valence-electron chi connectivity index (χ4n) is 2.43. The zero-order chi connectivity index (χ0) is 13.9. The van der Waals surface area contributed by atoms with E-state index in [1.165, 1.54) is 0 Å². The maximum atomic E-state index is 5.88. The third-order valence-corrected chi connectivity index (χ3v) is 4.84. The van der Waals surface area contributed by atoms with Gasteiger partial charge in [-0.3, -0.25) is 0 Å². The molecular weight excluding hydrogens is 270 g/mol. The van der Waals surface area contributed by atoms with Crippen molar-refractivity contribution in [2.45, 2.75) is 19.0 Å². The van der Waals surface area contributed by atoms with Crippen LogP contribution in [0.1, 0.15) is 11.3 Å². The lowest BCUT2D eigenvalue weighted by atomic mass is 10.1. The molecule has 20 heavy (non-hydrogen) atoms. The molecule has 1 unspecified atom stereocenters. The molecule has 2 aromatic rings. The molecule has 106 valence electrons. The first-order chi connectivity index (χ1) is 9.79.